The van der Waals surface area contributed by atoms with Gasteiger partial charge >= 0.3 is 0 Å². The van der Waals surface area contributed by atoms with Crippen LogP contribution >= 0.6 is 0 Å². The van der Waals surface area contributed by atoms with Gasteiger partial charge in [0.2, 0.25) is 5.79 Å². The molecule has 54 valence electrons. The van der Waals surface area contributed by atoms with Crippen LogP contribution in [0.5, 0.6) is 0 Å². The van der Waals surface area contributed by atoms with Gasteiger partial charge in [-0.15, -0.1) is 0 Å². The van der Waals surface area contributed by atoms with Crippen LogP contribution in [0.3, 0.4) is 0 Å². The SMILES string of the molecule is [CH]C1COC(C=C)(C=C)O1. The Morgan fingerprint density at radius 2 is 2.10 bits per heavy atom. The van der Waals surface area contributed by atoms with Crippen molar-refractivity contribution in [2.45, 2.75) is 11.9 Å². The van der Waals surface area contributed by atoms with Crippen LogP contribution in [0.15, 0.2) is 25.3 Å². The molecule has 0 saturated carbocycles. The summed E-state index contributed by atoms with van der Waals surface area (Å²) in [7, 11) is 0. The van der Waals surface area contributed by atoms with Crippen molar-refractivity contribution in [3.05, 3.63) is 32.2 Å². The van der Waals surface area contributed by atoms with Crippen LogP contribution < -0.4 is 0 Å². The van der Waals surface area contributed by atoms with Crippen LogP contribution in [-0.2, 0) is 9.47 Å². The first-order chi connectivity index (χ1) is 4.72. The van der Waals surface area contributed by atoms with Crippen molar-refractivity contribution in [1.29, 1.82) is 0 Å². The summed E-state index contributed by atoms with van der Waals surface area (Å²) in [5.41, 5.74) is 0. The van der Waals surface area contributed by atoms with Crippen molar-refractivity contribution in [1.82, 2.24) is 0 Å². The highest BCUT2D eigenvalue weighted by Crippen LogP contribution is 2.24. The minimum atomic E-state index is -0.848. The van der Waals surface area contributed by atoms with Gasteiger partial charge in [-0.25, -0.2) is 0 Å². The number of ether oxygens (including phenoxy) is 2. The Balaban J connectivity index is 2.68. The van der Waals surface area contributed by atoms with Crippen LogP contribution in [0.2, 0.25) is 0 Å². The monoisotopic (exact) mass is 138 g/mol. The lowest BCUT2D eigenvalue weighted by Gasteiger charge is -2.18. The lowest BCUT2D eigenvalue weighted by molar-refractivity contribution is -0.0826. The first-order valence-corrected chi connectivity index (χ1v) is 3.07. The molecular formula is C8H10O2. The van der Waals surface area contributed by atoms with Gasteiger partial charge in [0.1, 0.15) is 0 Å². The van der Waals surface area contributed by atoms with Gasteiger partial charge in [-0.05, 0) is 19.1 Å². The molecule has 2 radical (unpaired) electrons. The topological polar surface area (TPSA) is 18.5 Å². The number of hydrogen-bond acceptors (Lipinski definition) is 2. The largest absolute Gasteiger partial charge is 0.340 e. The molecule has 1 fully saturated rings. The highest BCUT2D eigenvalue weighted by atomic mass is 16.7. The number of hydrogen-bond donors (Lipinski definition) is 0. The van der Waals surface area contributed by atoms with E-state index < -0.39 is 5.79 Å². The summed E-state index contributed by atoms with van der Waals surface area (Å²) in [4.78, 5) is 0. The molecule has 1 atom stereocenters. The Bertz CT molecular complexity index is 143. The molecule has 1 heterocycles. The first-order valence-electron chi connectivity index (χ1n) is 3.07. The molecule has 0 N–H and O–H groups in total. The predicted molar refractivity (Wildman–Crippen MR) is 38.3 cm³/mol. The summed E-state index contributed by atoms with van der Waals surface area (Å²) >= 11 is 0. The number of rotatable bonds is 2. The summed E-state index contributed by atoms with van der Waals surface area (Å²) in [5, 5.41) is 0. The van der Waals surface area contributed by atoms with Crippen LogP contribution in [0.1, 0.15) is 0 Å². The maximum absolute atomic E-state index is 5.42. The molecule has 1 aliphatic rings. The zero-order chi connectivity index (χ0) is 7.61. The predicted octanol–water partition coefficient (Wildman–Crippen LogP) is 1.18. The fourth-order valence-electron chi connectivity index (χ4n) is 0.814. The van der Waals surface area contributed by atoms with E-state index in [1.54, 1.807) is 0 Å². The molecule has 0 aromatic rings. The van der Waals surface area contributed by atoms with Gasteiger partial charge in [-0.2, -0.15) is 0 Å². The maximum Gasteiger partial charge on any atom is 0.207 e. The highest BCUT2D eigenvalue weighted by Gasteiger charge is 2.33. The van der Waals surface area contributed by atoms with Gasteiger partial charge in [0.25, 0.3) is 0 Å². The van der Waals surface area contributed by atoms with Crippen LogP contribution in [-0.4, -0.2) is 18.5 Å². The second kappa shape index (κ2) is 2.56. The third-order valence-electron chi connectivity index (χ3n) is 1.38. The van der Waals surface area contributed by atoms with Crippen molar-refractivity contribution in [2.24, 2.45) is 0 Å². The molecule has 2 nitrogen and oxygen atoms in total. The van der Waals surface area contributed by atoms with Crippen LogP contribution in [0, 0.1) is 6.92 Å². The molecular weight excluding hydrogens is 128 g/mol. The minimum absolute atomic E-state index is 0.365. The highest BCUT2D eigenvalue weighted by molar-refractivity contribution is 5.06. The fourth-order valence-corrected chi connectivity index (χ4v) is 0.814. The molecule has 1 saturated heterocycles. The molecule has 0 spiro atoms. The minimum Gasteiger partial charge on any atom is -0.340 e. The van der Waals surface area contributed by atoms with Gasteiger partial charge < -0.3 is 9.47 Å². The fraction of sp³-hybridized carbons (Fsp3) is 0.375. The standard InChI is InChI=1S/C8H10O2/c1-4-8(5-2)9-6-7(3)10-8/h3-5,7H,1-2,6H2. The van der Waals surface area contributed by atoms with Gasteiger partial charge in [-0.3, -0.25) is 0 Å². The van der Waals surface area contributed by atoms with Crippen molar-refractivity contribution < 1.29 is 9.47 Å². The maximum atomic E-state index is 5.42. The molecule has 1 aliphatic heterocycles. The molecule has 10 heavy (non-hydrogen) atoms. The van der Waals surface area contributed by atoms with E-state index in [9.17, 15) is 0 Å². The Morgan fingerprint density at radius 1 is 1.50 bits per heavy atom. The smallest absolute Gasteiger partial charge is 0.207 e. The van der Waals surface area contributed by atoms with E-state index in [0.717, 1.165) is 0 Å². The lowest BCUT2D eigenvalue weighted by atomic mass is 10.3. The van der Waals surface area contributed by atoms with Gasteiger partial charge in [-0.1, -0.05) is 13.2 Å². The van der Waals surface area contributed by atoms with E-state index in [0.29, 0.717) is 6.61 Å². The van der Waals surface area contributed by atoms with Crippen LogP contribution in [0.4, 0.5) is 0 Å². The van der Waals surface area contributed by atoms with Crippen molar-refractivity contribution in [3.8, 4) is 0 Å². The van der Waals surface area contributed by atoms with E-state index in [4.69, 9.17) is 16.4 Å². The Kier molecular flexibility index (Phi) is 1.92. The Morgan fingerprint density at radius 3 is 2.30 bits per heavy atom. The van der Waals surface area contributed by atoms with Gasteiger partial charge in [0.15, 0.2) is 0 Å². The molecule has 1 unspecified atom stereocenters. The van der Waals surface area contributed by atoms with Gasteiger partial charge in [0.05, 0.1) is 12.7 Å². The average Bonchev–Trinajstić information content (AvgIpc) is 2.33. The zero-order valence-electron chi connectivity index (χ0n) is 5.75. The van der Waals surface area contributed by atoms with E-state index >= 15 is 0 Å². The average molecular weight is 138 g/mol. The van der Waals surface area contributed by atoms with Crippen molar-refractivity contribution >= 4 is 0 Å². The van der Waals surface area contributed by atoms with Crippen molar-refractivity contribution in [3.63, 3.8) is 0 Å². The third kappa shape index (κ3) is 1.13. The normalized spacial score (nSPS) is 29.9. The molecule has 2 heteroatoms. The second-order valence-corrected chi connectivity index (χ2v) is 2.10. The first kappa shape index (κ1) is 7.51. The second-order valence-electron chi connectivity index (χ2n) is 2.10. The molecule has 0 bridgehead atoms. The van der Waals surface area contributed by atoms with E-state index in [2.05, 4.69) is 13.2 Å². The summed E-state index contributed by atoms with van der Waals surface area (Å²) < 4.78 is 10.3. The third-order valence-corrected chi connectivity index (χ3v) is 1.38. The van der Waals surface area contributed by atoms with Crippen LogP contribution in [0.25, 0.3) is 0 Å². The summed E-state index contributed by atoms with van der Waals surface area (Å²) in [6, 6.07) is 0. The van der Waals surface area contributed by atoms with E-state index in [-0.39, 0.29) is 6.10 Å². The molecule has 0 aromatic heterocycles. The Labute approximate surface area is 61.1 Å². The summed E-state index contributed by atoms with van der Waals surface area (Å²) in [6.45, 7) is 12.9. The summed E-state index contributed by atoms with van der Waals surface area (Å²) in [6.07, 6.45) is 2.70. The molecule has 0 aromatic carbocycles. The van der Waals surface area contributed by atoms with E-state index in [1.807, 2.05) is 0 Å². The van der Waals surface area contributed by atoms with Crippen molar-refractivity contribution in [2.75, 3.05) is 6.61 Å². The summed E-state index contributed by atoms with van der Waals surface area (Å²) in [5.74, 6) is -0.848. The quantitative estimate of drug-likeness (QED) is 0.533. The van der Waals surface area contributed by atoms with E-state index in [1.165, 1.54) is 12.2 Å². The molecule has 0 amide bonds. The Hall–Kier alpha value is -0.600. The molecule has 0 aliphatic carbocycles. The lowest BCUT2D eigenvalue weighted by Crippen LogP contribution is -2.23. The zero-order valence-corrected chi connectivity index (χ0v) is 5.75. The molecule has 1 rings (SSSR count). The van der Waals surface area contributed by atoms with Gasteiger partial charge in [0, 0.05) is 0 Å².